The van der Waals surface area contributed by atoms with Crippen molar-refractivity contribution in [3.63, 3.8) is 0 Å². The van der Waals surface area contributed by atoms with Gasteiger partial charge in [-0.05, 0) is 49.2 Å². The molecule has 0 atom stereocenters. The molecule has 2 N–H and O–H groups in total. The molecule has 164 valence electrons. The summed E-state index contributed by atoms with van der Waals surface area (Å²) in [7, 11) is 1.64. The number of ether oxygens (including phenoxy) is 1. The summed E-state index contributed by atoms with van der Waals surface area (Å²) in [5.41, 5.74) is 2.35. The Balaban J connectivity index is 1.58. The van der Waals surface area contributed by atoms with E-state index in [0.717, 1.165) is 23.3 Å². The number of rotatable bonds is 11. The number of halogens is 1. The first kappa shape index (κ1) is 22.8. The molecule has 31 heavy (non-hydrogen) atoms. The van der Waals surface area contributed by atoms with Crippen LogP contribution in [0, 0.1) is 0 Å². The average molecular weight is 443 g/mol. The monoisotopic (exact) mass is 442 g/mol. The summed E-state index contributed by atoms with van der Waals surface area (Å²) in [6, 6.07) is 14.6. The maximum atomic E-state index is 12.4. The topological polar surface area (TPSA) is 85.2 Å². The van der Waals surface area contributed by atoms with Crippen LogP contribution in [0.25, 0.3) is 11.0 Å². The molecule has 1 heterocycles. The highest BCUT2D eigenvalue weighted by Gasteiger charge is 2.13. The number of carbonyl (C=O) groups excluding carboxylic acids is 2. The van der Waals surface area contributed by atoms with Crippen LogP contribution in [0.15, 0.2) is 48.5 Å². The van der Waals surface area contributed by atoms with Crippen molar-refractivity contribution in [1.29, 1.82) is 0 Å². The predicted molar refractivity (Wildman–Crippen MR) is 121 cm³/mol. The van der Waals surface area contributed by atoms with Crippen LogP contribution in [0.3, 0.4) is 0 Å². The summed E-state index contributed by atoms with van der Waals surface area (Å²) in [4.78, 5) is 29.3. The fraction of sp³-hybridized carbons (Fsp3) is 0.348. The summed E-state index contributed by atoms with van der Waals surface area (Å²) < 4.78 is 6.96. The number of amides is 2. The van der Waals surface area contributed by atoms with Crippen LogP contribution in [0.5, 0.6) is 0 Å². The zero-order chi connectivity index (χ0) is 22.1. The van der Waals surface area contributed by atoms with Gasteiger partial charge < -0.3 is 19.9 Å². The van der Waals surface area contributed by atoms with E-state index in [1.807, 2.05) is 28.8 Å². The van der Waals surface area contributed by atoms with Gasteiger partial charge in [0.2, 0.25) is 5.91 Å². The van der Waals surface area contributed by atoms with Gasteiger partial charge in [-0.15, -0.1) is 0 Å². The molecule has 1 aromatic heterocycles. The highest BCUT2D eigenvalue weighted by Crippen LogP contribution is 2.17. The van der Waals surface area contributed by atoms with Crippen LogP contribution in [-0.2, 0) is 22.5 Å². The third kappa shape index (κ3) is 6.54. The van der Waals surface area contributed by atoms with E-state index < -0.39 is 0 Å². The molecule has 0 bridgehead atoms. The molecule has 0 aliphatic heterocycles. The SMILES string of the molecule is COCCCNC(=O)Cn1c(CCCNC(=O)c2ccc(Cl)cc2)nc2ccccc21. The first-order valence-corrected chi connectivity index (χ1v) is 10.7. The summed E-state index contributed by atoms with van der Waals surface area (Å²) in [6.07, 6.45) is 2.12. The molecule has 3 aromatic rings. The number of nitrogens with one attached hydrogen (secondary N) is 2. The first-order valence-electron chi connectivity index (χ1n) is 10.3. The molecule has 0 saturated heterocycles. The molecule has 0 aliphatic carbocycles. The number of nitrogens with zero attached hydrogens (tertiary/aromatic N) is 2. The standard InChI is InChI=1S/C23H27ClN4O3/c1-31-15-5-14-25-22(29)16-28-20-7-3-2-6-19(20)27-21(28)8-4-13-26-23(30)17-9-11-18(24)12-10-17/h2-3,6-7,9-12H,4-5,8,13-16H2,1H3,(H,25,29)(H,26,30). The maximum absolute atomic E-state index is 12.4. The van der Waals surface area contributed by atoms with Gasteiger partial charge in [-0.3, -0.25) is 9.59 Å². The van der Waals surface area contributed by atoms with Gasteiger partial charge in [-0.1, -0.05) is 23.7 Å². The molecule has 0 unspecified atom stereocenters. The Bertz CT molecular complexity index is 1020. The lowest BCUT2D eigenvalue weighted by Crippen LogP contribution is -2.29. The van der Waals surface area contributed by atoms with Gasteiger partial charge in [0.25, 0.3) is 5.91 Å². The summed E-state index contributed by atoms with van der Waals surface area (Å²) in [5.74, 6) is 0.631. The van der Waals surface area contributed by atoms with Crippen molar-refractivity contribution in [2.24, 2.45) is 0 Å². The van der Waals surface area contributed by atoms with Crippen LogP contribution >= 0.6 is 11.6 Å². The van der Waals surface area contributed by atoms with Crippen LogP contribution < -0.4 is 10.6 Å². The van der Waals surface area contributed by atoms with E-state index in [4.69, 9.17) is 21.3 Å². The number of hydrogen-bond donors (Lipinski definition) is 2. The van der Waals surface area contributed by atoms with Crippen LogP contribution in [0.1, 0.15) is 29.0 Å². The number of carbonyl (C=O) groups is 2. The lowest BCUT2D eigenvalue weighted by molar-refractivity contribution is -0.121. The molecule has 0 aliphatic rings. The lowest BCUT2D eigenvalue weighted by Gasteiger charge is -2.10. The number of imidazole rings is 1. The normalized spacial score (nSPS) is 10.9. The van der Waals surface area contributed by atoms with Crippen molar-refractivity contribution in [3.05, 3.63) is 64.9 Å². The second kappa shape index (κ2) is 11.5. The van der Waals surface area contributed by atoms with Crippen molar-refractivity contribution in [2.45, 2.75) is 25.8 Å². The number of aromatic nitrogens is 2. The smallest absolute Gasteiger partial charge is 0.251 e. The molecule has 7 nitrogen and oxygen atoms in total. The third-order valence-corrected chi connectivity index (χ3v) is 5.10. The van der Waals surface area contributed by atoms with E-state index in [-0.39, 0.29) is 18.4 Å². The number of hydrogen-bond acceptors (Lipinski definition) is 4. The highest BCUT2D eigenvalue weighted by atomic mass is 35.5. The maximum Gasteiger partial charge on any atom is 0.251 e. The molecule has 2 amide bonds. The number of fused-ring (bicyclic) bond motifs is 1. The minimum Gasteiger partial charge on any atom is -0.385 e. The lowest BCUT2D eigenvalue weighted by atomic mass is 10.2. The molecule has 2 aromatic carbocycles. The fourth-order valence-corrected chi connectivity index (χ4v) is 3.41. The van der Waals surface area contributed by atoms with Crippen LogP contribution in [0.4, 0.5) is 0 Å². The molecular weight excluding hydrogens is 416 g/mol. The van der Waals surface area contributed by atoms with Crippen molar-refractivity contribution in [3.8, 4) is 0 Å². The fourth-order valence-electron chi connectivity index (χ4n) is 3.29. The van der Waals surface area contributed by atoms with E-state index >= 15 is 0 Å². The largest absolute Gasteiger partial charge is 0.385 e. The molecule has 3 rings (SSSR count). The van der Waals surface area contributed by atoms with Gasteiger partial charge in [0.1, 0.15) is 12.4 Å². The molecule has 0 fully saturated rings. The van der Waals surface area contributed by atoms with Crippen molar-refractivity contribution < 1.29 is 14.3 Å². The van der Waals surface area contributed by atoms with Gasteiger partial charge in [-0.2, -0.15) is 0 Å². The Labute approximate surface area is 186 Å². The average Bonchev–Trinajstić information content (AvgIpc) is 3.12. The quantitative estimate of drug-likeness (QED) is 0.446. The van der Waals surface area contributed by atoms with Crippen LogP contribution in [0.2, 0.25) is 5.02 Å². The van der Waals surface area contributed by atoms with Crippen molar-refractivity contribution in [2.75, 3.05) is 26.8 Å². The van der Waals surface area contributed by atoms with E-state index in [1.54, 1.807) is 31.4 Å². The van der Waals surface area contributed by atoms with E-state index in [2.05, 4.69) is 10.6 Å². The number of methoxy groups -OCH3 is 1. The summed E-state index contributed by atoms with van der Waals surface area (Å²) >= 11 is 5.86. The van der Waals surface area contributed by atoms with Crippen molar-refractivity contribution in [1.82, 2.24) is 20.2 Å². The minimum absolute atomic E-state index is 0.0588. The Morgan fingerprint density at radius 3 is 2.55 bits per heavy atom. The van der Waals surface area contributed by atoms with E-state index in [0.29, 0.717) is 43.1 Å². The molecule has 8 heteroatoms. The van der Waals surface area contributed by atoms with Gasteiger partial charge in [-0.25, -0.2) is 4.98 Å². The molecule has 0 radical (unpaired) electrons. The number of aryl methyl sites for hydroxylation is 1. The van der Waals surface area contributed by atoms with Crippen molar-refractivity contribution >= 4 is 34.4 Å². The Hall–Kier alpha value is -2.90. The Kier molecular flexibility index (Phi) is 8.44. The molecule has 0 saturated carbocycles. The first-order chi connectivity index (χ1) is 15.1. The number of benzene rings is 2. The van der Waals surface area contributed by atoms with E-state index in [9.17, 15) is 9.59 Å². The Morgan fingerprint density at radius 1 is 1.03 bits per heavy atom. The second-order valence-electron chi connectivity index (χ2n) is 7.17. The predicted octanol–water partition coefficient (Wildman–Crippen LogP) is 3.21. The molecular formula is C23H27ClN4O3. The second-order valence-corrected chi connectivity index (χ2v) is 7.60. The van der Waals surface area contributed by atoms with Gasteiger partial charge >= 0.3 is 0 Å². The number of para-hydroxylation sites is 2. The molecule has 0 spiro atoms. The minimum atomic E-state index is -0.138. The van der Waals surface area contributed by atoms with E-state index in [1.165, 1.54) is 0 Å². The summed E-state index contributed by atoms with van der Waals surface area (Å²) in [5, 5.41) is 6.43. The van der Waals surface area contributed by atoms with Gasteiger partial charge in [0.05, 0.1) is 11.0 Å². The third-order valence-electron chi connectivity index (χ3n) is 4.85. The highest BCUT2D eigenvalue weighted by molar-refractivity contribution is 6.30. The zero-order valence-electron chi connectivity index (χ0n) is 17.6. The zero-order valence-corrected chi connectivity index (χ0v) is 18.3. The van der Waals surface area contributed by atoms with Crippen LogP contribution in [-0.4, -0.2) is 48.2 Å². The van der Waals surface area contributed by atoms with Gasteiger partial charge in [0.15, 0.2) is 0 Å². The van der Waals surface area contributed by atoms with Gasteiger partial charge in [0, 0.05) is 43.8 Å². The summed E-state index contributed by atoms with van der Waals surface area (Å²) in [6.45, 7) is 1.90. The Morgan fingerprint density at radius 2 is 1.77 bits per heavy atom.